The minimum Gasteiger partial charge on any atom is -0.497 e. The normalized spacial score (nSPS) is 10.5. The fourth-order valence-corrected chi connectivity index (χ4v) is 3.47. The lowest BCUT2D eigenvalue weighted by Gasteiger charge is -2.31. The Kier molecular flexibility index (Phi) is 7.04. The lowest BCUT2D eigenvalue weighted by Crippen LogP contribution is -2.40. The van der Waals surface area contributed by atoms with Gasteiger partial charge in [-0.3, -0.25) is 0 Å². The molecule has 4 heteroatoms. The number of benzene rings is 3. The van der Waals surface area contributed by atoms with Gasteiger partial charge in [0.15, 0.2) is 5.11 Å². The second kappa shape index (κ2) is 9.90. The predicted molar refractivity (Wildman–Crippen MR) is 120 cm³/mol. The Morgan fingerprint density at radius 3 is 1.93 bits per heavy atom. The highest BCUT2D eigenvalue weighted by molar-refractivity contribution is 7.80. The summed E-state index contributed by atoms with van der Waals surface area (Å²) >= 11 is 5.70. The maximum absolute atomic E-state index is 5.70. The van der Waals surface area contributed by atoms with Crippen molar-refractivity contribution in [2.45, 2.75) is 12.5 Å². The molecule has 0 aliphatic carbocycles. The first kappa shape index (κ1) is 19.9. The van der Waals surface area contributed by atoms with E-state index in [9.17, 15) is 0 Å². The van der Waals surface area contributed by atoms with Crippen molar-refractivity contribution in [2.24, 2.45) is 0 Å². The number of thiocarbonyl (C=S) groups is 1. The van der Waals surface area contributed by atoms with E-state index in [0.717, 1.165) is 23.8 Å². The molecule has 0 saturated heterocycles. The van der Waals surface area contributed by atoms with Gasteiger partial charge in [-0.05, 0) is 47.5 Å². The smallest absolute Gasteiger partial charge is 0.169 e. The molecular weight excluding hydrogens is 364 g/mol. The van der Waals surface area contributed by atoms with Gasteiger partial charge >= 0.3 is 0 Å². The first-order valence-electron chi connectivity index (χ1n) is 9.42. The van der Waals surface area contributed by atoms with Gasteiger partial charge in [-0.2, -0.15) is 0 Å². The van der Waals surface area contributed by atoms with Gasteiger partial charge in [0.2, 0.25) is 0 Å². The topological polar surface area (TPSA) is 24.5 Å². The molecule has 3 aromatic carbocycles. The SMILES string of the molecule is COc1ccc(CCNC(=S)N(C)C(c2ccccc2)c2ccccc2)cc1. The average molecular weight is 391 g/mol. The summed E-state index contributed by atoms with van der Waals surface area (Å²) in [6.45, 7) is 0.784. The maximum Gasteiger partial charge on any atom is 0.169 e. The maximum atomic E-state index is 5.70. The van der Waals surface area contributed by atoms with Crippen molar-refractivity contribution in [3.05, 3.63) is 102 Å². The number of hydrogen-bond donors (Lipinski definition) is 1. The van der Waals surface area contributed by atoms with Crippen molar-refractivity contribution in [1.82, 2.24) is 10.2 Å². The van der Waals surface area contributed by atoms with Crippen molar-refractivity contribution in [2.75, 3.05) is 20.7 Å². The van der Waals surface area contributed by atoms with Crippen LogP contribution in [0.3, 0.4) is 0 Å². The van der Waals surface area contributed by atoms with E-state index < -0.39 is 0 Å². The summed E-state index contributed by atoms with van der Waals surface area (Å²) in [5, 5.41) is 4.15. The summed E-state index contributed by atoms with van der Waals surface area (Å²) in [7, 11) is 3.73. The van der Waals surface area contributed by atoms with Crippen molar-refractivity contribution < 1.29 is 4.74 Å². The van der Waals surface area contributed by atoms with Gasteiger partial charge in [-0.25, -0.2) is 0 Å². The number of rotatable bonds is 7. The van der Waals surface area contributed by atoms with Gasteiger partial charge in [0.1, 0.15) is 5.75 Å². The number of ether oxygens (including phenoxy) is 1. The molecule has 0 heterocycles. The zero-order chi connectivity index (χ0) is 19.8. The zero-order valence-electron chi connectivity index (χ0n) is 16.3. The van der Waals surface area contributed by atoms with E-state index in [0.29, 0.717) is 0 Å². The largest absolute Gasteiger partial charge is 0.497 e. The molecule has 3 nitrogen and oxygen atoms in total. The summed E-state index contributed by atoms with van der Waals surface area (Å²) in [4.78, 5) is 2.13. The summed E-state index contributed by atoms with van der Waals surface area (Å²) in [5.41, 5.74) is 3.69. The zero-order valence-corrected chi connectivity index (χ0v) is 17.2. The van der Waals surface area contributed by atoms with Gasteiger partial charge in [0.25, 0.3) is 0 Å². The Morgan fingerprint density at radius 2 is 1.43 bits per heavy atom. The van der Waals surface area contributed by atoms with E-state index in [2.05, 4.69) is 70.9 Å². The molecule has 28 heavy (non-hydrogen) atoms. The summed E-state index contributed by atoms with van der Waals surface area (Å²) < 4.78 is 5.21. The first-order chi connectivity index (χ1) is 13.7. The van der Waals surface area contributed by atoms with E-state index in [4.69, 9.17) is 17.0 Å². The molecule has 0 bridgehead atoms. The highest BCUT2D eigenvalue weighted by Gasteiger charge is 2.20. The average Bonchev–Trinajstić information content (AvgIpc) is 2.76. The molecule has 0 unspecified atom stereocenters. The molecule has 0 atom stereocenters. The minimum absolute atomic E-state index is 0.0726. The number of nitrogens with one attached hydrogen (secondary N) is 1. The molecule has 0 aliphatic heterocycles. The van der Waals surface area contributed by atoms with Gasteiger partial charge < -0.3 is 15.0 Å². The van der Waals surface area contributed by atoms with Crippen LogP contribution in [0.15, 0.2) is 84.9 Å². The Labute approximate surface area is 173 Å². The Hall–Kier alpha value is -2.85. The van der Waals surface area contributed by atoms with Crippen molar-refractivity contribution in [3.63, 3.8) is 0 Å². The fourth-order valence-electron chi connectivity index (χ4n) is 3.26. The molecular formula is C24H26N2OS. The second-order valence-corrected chi connectivity index (χ2v) is 7.05. The van der Waals surface area contributed by atoms with Crippen molar-refractivity contribution in [3.8, 4) is 5.75 Å². The van der Waals surface area contributed by atoms with E-state index >= 15 is 0 Å². The van der Waals surface area contributed by atoms with Crippen LogP contribution in [0.2, 0.25) is 0 Å². The molecule has 0 fully saturated rings. The summed E-state index contributed by atoms with van der Waals surface area (Å²) in [6, 6.07) is 29.2. The van der Waals surface area contributed by atoms with Crippen molar-refractivity contribution in [1.29, 1.82) is 0 Å². The van der Waals surface area contributed by atoms with E-state index in [1.165, 1.54) is 16.7 Å². The van der Waals surface area contributed by atoms with Crippen LogP contribution in [-0.2, 0) is 6.42 Å². The van der Waals surface area contributed by atoms with Crippen LogP contribution in [0.1, 0.15) is 22.7 Å². The lowest BCUT2D eigenvalue weighted by atomic mass is 9.98. The molecule has 0 amide bonds. The molecule has 144 valence electrons. The number of hydrogen-bond acceptors (Lipinski definition) is 2. The van der Waals surface area contributed by atoms with Gasteiger partial charge in [-0.1, -0.05) is 72.8 Å². The van der Waals surface area contributed by atoms with Gasteiger partial charge in [-0.15, -0.1) is 0 Å². The molecule has 0 spiro atoms. The highest BCUT2D eigenvalue weighted by atomic mass is 32.1. The van der Waals surface area contributed by atoms with Crippen LogP contribution in [0.5, 0.6) is 5.75 Å². The lowest BCUT2D eigenvalue weighted by molar-refractivity contribution is 0.414. The molecule has 1 N–H and O–H groups in total. The summed E-state index contributed by atoms with van der Waals surface area (Å²) in [6.07, 6.45) is 0.902. The Balaban J connectivity index is 1.66. The van der Waals surface area contributed by atoms with E-state index in [1.54, 1.807) is 7.11 Å². The van der Waals surface area contributed by atoms with Crippen LogP contribution in [0, 0.1) is 0 Å². The number of methoxy groups -OCH3 is 1. The minimum atomic E-state index is 0.0726. The van der Waals surface area contributed by atoms with E-state index in [-0.39, 0.29) is 6.04 Å². The molecule has 0 saturated carbocycles. The molecule has 0 radical (unpaired) electrons. The van der Waals surface area contributed by atoms with Gasteiger partial charge in [0, 0.05) is 13.6 Å². The molecule has 3 rings (SSSR count). The Morgan fingerprint density at radius 1 is 0.893 bits per heavy atom. The second-order valence-electron chi connectivity index (χ2n) is 6.66. The van der Waals surface area contributed by atoms with Gasteiger partial charge in [0.05, 0.1) is 13.2 Å². The van der Waals surface area contributed by atoms with Crippen LogP contribution in [0.4, 0.5) is 0 Å². The third kappa shape index (κ3) is 5.11. The molecule has 0 aliphatic rings. The van der Waals surface area contributed by atoms with Crippen molar-refractivity contribution >= 4 is 17.3 Å². The quantitative estimate of drug-likeness (QED) is 0.584. The first-order valence-corrected chi connectivity index (χ1v) is 9.83. The van der Waals surface area contributed by atoms with Crippen LogP contribution in [-0.4, -0.2) is 30.7 Å². The predicted octanol–water partition coefficient (Wildman–Crippen LogP) is 4.83. The highest BCUT2D eigenvalue weighted by Crippen LogP contribution is 2.27. The third-order valence-electron chi connectivity index (χ3n) is 4.79. The third-order valence-corrected chi connectivity index (χ3v) is 5.22. The van der Waals surface area contributed by atoms with E-state index in [1.807, 2.05) is 31.3 Å². The molecule has 0 aromatic heterocycles. The summed E-state index contributed by atoms with van der Waals surface area (Å²) in [5.74, 6) is 0.875. The standard InChI is InChI=1S/C24H26N2OS/c1-26(24(28)25-18-17-19-13-15-22(27-2)16-14-19)23(20-9-5-3-6-10-20)21-11-7-4-8-12-21/h3-16,23H,17-18H2,1-2H3,(H,25,28). The number of nitrogens with zero attached hydrogens (tertiary/aromatic N) is 1. The monoisotopic (exact) mass is 390 g/mol. The fraction of sp³-hybridized carbons (Fsp3) is 0.208. The van der Waals surface area contributed by atoms with Crippen LogP contribution in [0.25, 0.3) is 0 Å². The van der Waals surface area contributed by atoms with Crippen LogP contribution >= 0.6 is 12.2 Å². The molecule has 3 aromatic rings. The Bertz CT molecular complexity index is 827. The van der Waals surface area contributed by atoms with Crippen LogP contribution < -0.4 is 10.1 Å².